The quantitative estimate of drug-likeness (QED) is 0.561. The molecule has 1 aromatic heterocycles. The number of rotatable bonds is 5. The summed E-state index contributed by atoms with van der Waals surface area (Å²) in [6.07, 6.45) is 3.66. The van der Waals surface area contributed by atoms with Gasteiger partial charge >= 0.3 is 0 Å². The molecule has 3 rings (SSSR count). The molecule has 0 atom stereocenters. The summed E-state index contributed by atoms with van der Waals surface area (Å²) < 4.78 is 2.04. The molecule has 0 bridgehead atoms. The van der Waals surface area contributed by atoms with E-state index in [1.165, 1.54) is 0 Å². The third-order valence-electron chi connectivity index (χ3n) is 3.79. The van der Waals surface area contributed by atoms with Gasteiger partial charge in [0.15, 0.2) is 0 Å². The topological polar surface area (TPSA) is 58.4 Å². The number of anilines is 1. The molecule has 2 N–H and O–H groups in total. The molecule has 0 aliphatic rings. The van der Waals surface area contributed by atoms with E-state index in [-0.39, 0.29) is 12.5 Å². The van der Waals surface area contributed by atoms with Gasteiger partial charge < -0.3 is 9.88 Å². The monoisotopic (exact) mass is 320 g/mol. The van der Waals surface area contributed by atoms with Crippen molar-refractivity contribution in [3.63, 3.8) is 0 Å². The lowest BCUT2D eigenvalue weighted by Crippen LogP contribution is -2.25. The van der Waals surface area contributed by atoms with Crippen LogP contribution < -0.4 is 10.7 Å². The highest BCUT2D eigenvalue weighted by Gasteiger charge is 2.04. The summed E-state index contributed by atoms with van der Waals surface area (Å²) in [5, 5.41) is 8.24. The van der Waals surface area contributed by atoms with Gasteiger partial charge in [-0.2, -0.15) is 5.10 Å². The van der Waals surface area contributed by atoms with Gasteiger partial charge in [0.2, 0.25) is 0 Å². The van der Waals surface area contributed by atoms with Gasteiger partial charge in [-0.05, 0) is 30.7 Å². The first-order valence-electron chi connectivity index (χ1n) is 7.80. The first-order valence-corrected chi connectivity index (χ1v) is 7.80. The summed E-state index contributed by atoms with van der Waals surface area (Å²) in [7, 11) is 1.99. The highest BCUT2D eigenvalue weighted by atomic mass is 16.2. The fourth-order valence-electron chi connectivity index (χ4n) is 2.63. The van der Waals surface area contributed by atoms with Crippen LogP contribution in [0.2, 0.25) is 0 Å². The molecule has 1 amide bonds. The van der Waals surface area contributed by atoms with Crippen molar-refractivity contribution in [2.75, 3.05) is 11.9 Å². The molecule has 0 saturated heterocycles. The fraction of sp³-hybridized carbons (Fsp3) is 0.158. The van der Waals surface area contributed by atoms with Gasteiger partial charge in [-0.1, -0.05) is 30.3 Å². The lowest BCUT2D eigenvalue weighted by atomic mass is 10.2. The van der Waals surface area contributed by atoms with Crippen LogP contribution in [0.15, 0.2) is 59.8 Å². The summed E-state index contributed by atoms with van der Waals surface area (Å²) in [6, 6.07) is 16.0. The number of hydrogen-bond acceptors (Lipinski definition) is 3. The summed E-state index contributed by atoms with van der Waals surface area (Å²) in [6.45, 7) is 2.19. The Hall–Kier alpha value is -3.08. The van der Waals surface area contributed by atoms with E-state index in [9.17, 15) is 4.79 Å². The molecule has 0 aliphatic carbocycles. The highest BCUT2D eigenvalue weighted by Crippen LogP contribution is 2.18. The van der Waals surface area contributed by atoms with Crippen LogP contribution in [-0.2, 0) is 11.8 Å². The average molecular weight is 320 g/mol. The Balaban J connectivity index is 1.58. The Bertz CT molecular complexity index is 895. The number of amides is 1. The number of aromatic nitrogens is 1. The number of benzene rings is 2. The Morgan fingerprint density at radius 2 is 2.04 bits per heavy atom. The fourth-order valence-corrected chi connectivity index (χ4v) is 2.63. The first kappa shape index (κ1) is 15.8. The van der Waals surface area contributed by atoms with E-state index in [4.69, 9.17) is 0 Å². The minimum atomic E-state index is -0.187. The van der Waals surface area contributed by atoms with Gasteiger partial charge in [-0.3, -0.25) is 4.79 Å². The van der Waals surface area contributed by atoms with E-state index in [1.807, 2.05) is 67.2 Å². The maximum Gasteiger partial charge on any atom is 0.259 e. The molecule has 5 nitrogen and oxygen atoms in total. The molecular formula is C19H20N4O. The molecule has 0 fully saturated rings. The van der Waals surface area contributed by atoms with Crippen molar-refractivity contribution in [2.24, 2.45) is 12.1 Å². The number of carbonyl (C=O) groups excluding carboxylic acids is 1. The number of hydrogen-bond donors (Lipinski definition) is 2. The van der Waals surface area contributed by atoms with Crippen molar-refractivity contribution < 1.29 is 4.79 Å². The SMILES string of the molecule is Cc1cccc(NCC(=O)NN=Cc2cn(C)c3ccccc23)c1. The summed E-state index contributed by atoms with van der Waals surface area (Å²) in [5.74, 6) is -0.187. The minimum Gasteiger partial charge on any atom is -0.376 e. The zero-order valence-corrected chi connectivity index (χ0v) is 13.8. The van der Waals surface area contributed by atoms with Crippen molar-refractivity contribution in [1.82, 2.24) is 9.99 Å². The van der Waals surface area contributed by atoms with E-state index >= 15 is 0 Å². The second-order valence-electron chi connectivity index (χ2n) is 5.73. The van der Waals surface area contributed by atoms with Crippen molar-refractivity contribution in [3.8, 4) is 0 Å². The molecule has 0 saturated carbocycles. The summed E-state index contributed by atoms with van der Waals surface area (Å²) >= 11 is 0. The highest BCUT2D eigenvalue weighted by molar-refractivity contribution is 5.99. The van der Waals surface area contributed by atoms with Gasteiger partial charge in [0, 0.05) is 35.4 Å². The Kier molecular flexibility index (Phi) is 4.61. The molecule has 0 radical (unpaired) electrons. The number of para-hydroxylation sites is 1. The number of hydrazone groups is 1. The number of carbonyl (C=O) groups is 1. The number of aryl methyl sites for hydroxylation is 2. The van der Waals surface area contributed by atoms with Crippen molar-refractivity contribution in [3.05, 3.63) is 65.9 Å². The van der Waals surface area contributed by atoms with Gasteiger partial charge in [0.25, 0.3) is 5.91 Å². The summed E-state index contributed by atoms with van der Waals surface area (Å²) in [5.41, 5.74) is 6.72. The van der Waals surface area contributed by atoms with Gasteiger partial charge in [0.1, 0.15) is 0 Å². The van der Waals surface area contributed by atoms with Gasteiger partial charge in [-0.15, -0.1) is 0 Å². The Morgan fingerprint density at radius 1 is 1.21 bits per heavy atom. The maximum absolute atomic E-state index is 11.9. The zero-order chi connectivity index (χ0) is 16.9. The average Bonchev–Trinajstić information content (AvgIpc) is 2.90. The molecule has 5 heteroatoms. The van der Waals surface area contributed by atoms with Crippen LogP contribution in [0, 0.1) is 6.92 Å². The van der Waals surface area contributed by atoms with Crippen molar-refractivity contribution >= 4 is 28.7 Å². The molecule has 3 aromatic rings. The number of fused-ring (bicyclic) bond motifs is 1. The van der Waals surface area contributed by atoms with Crippen LogP contribution in [0.25, 0.3) is 10.9 Å². The van der Waals surface area contributed by atoms with Gasteiger partial charge in [0.05, 0.1) is 12.8 Å². The normalized spacial score (nSPS) is 11.1. The zero-order valence-electron chi connectivity index (χ0n) is 13.8. The second-order valence-corrected chi connectivity index (χ2v) is 5.73. The number of nitrogens with one attached hydrogen (secondary N) is 2. The largest absolute Gasteiger partial charge is 0.376 e. The molecule has 122 valence electrons. The predicted molar refractivity (Wildman–Crippen MR) is 98.3 cm³/mol. The van der Waals surface area contributed by atoms with E-state index in [0.717, 1.165) is 27.7 Å². The molecule has 24 heavy (non-hydrogen) atoms. The number of nitrogens with zero attached hydrogens (tertiary/aromatic N) is 2. The smallest absolute Gasteiger partial charge is 0.259 e. The van der Waals surface area contributed by atoms with Crippen LogP contribution >= 0.6 is 0 Å². The van der Waals surface area contributed by atoms with E-state index in [2.05, 4.69) is 21.9 Å². The second kappa shape index (κ2) is 7.00. The van der Waals surface area contributed by atoms with Gasteiger partial charge in [-0.25, -0.2) is 5.43 Å². The van der Waals surface area contributed by atoms with E-state index in [1.54, 1.807) is 6.21 Å². The molecule has 0 unspecified atom stereocenters. The van der Waals surface area contributed by atoms with Crippen LogP contribution in [-0.4, -0.2) is 23.2 Å². The standard InChI is InChI=1S/C19H20N4O/c1-14-6-5-7-16(10-14)20-12-19(24)22-21-11-15-13-23(2)18-9-4-3-8-17(15)18/h3-11,13,20H,12H2,1-2H3,(H,22,24). The van der Waals surface area contributed by atoms with E-state index < -0.39 is 0 Å². The minimum absolute atomic E-state index is 0.177. The molecule has 1 heterocycles. The molecule has 0 aliphatic heterocycles. The predicted octanol–water partition coefficient (Wildman–Crippen LogP) is 3.05. The Morgan fingerprint density at radius 3 is 2.88 bits per heavy atom. The van der Waals surface area contributed by atoms with E-state index in [0.29, 0.717) is 0 Å². The lowest BCUT2D eigenvalue weighted by Gasteiger charge is -2.05. The lowest BCUT2D eigenvalue weighted by molar-refractivity contribution is -0.119. The van der Waals surface area contributed by atoms with Crippen LogP contribution in [0.5, 0.6) is 0 Å². The molecule has 2 aromatic carbocycles. The van der Waals surface area contributed by atoms with Crippen LogP contribution in [0.3, 0.4) is 0 Å². The third-order valence-corrected chi connectivity index (χ3v) is 3.79. The van der Waals surface area contributed by atoms with Crippen LogP contribution in [0.1, 0.15) is 11.1 Å². The van der Waals surface area contributed by atoms with Crippen molar-refractivity contribution in [1.29, 1.82) is 0 Å². The first-order chi connectivity index (χ1) is 11.6. The third kappa shape index (κ3) is 3.63. The molecule has 0 spiro atoms. The summed E-state index contributed by atoms with van der Waals surface area (Å²) in [4.78, 5) is 11.9. The Labute approximate surface area is 141 Å². The van der Waals surface area contributed by atoms with Crippen molar-refractivity contribution in [2.45, 2.75) is 6.92 Å². The van der Waals surface area contributed by atoms with Crippen LogP contribution in [0.4, 0.5) is 5.69 Å². The maximum atomic E-state index is 11.9. The molecular weight excluding hydrogens is 300 g/mol.